The molecule has 1 aromatic carbocycles. The average molecular weight is 308 g/mol. The maximum absolute atomic E-state index is 11.6. The van der Waals surface area contributed by atoms with Gasteiger partial charge < -0.3 is 9.47 Å². The molecule has 0 bridgehead atoms. The van der Waals surface area contributed by atoms with E-state index in [-0.39, 0.29) is 11.0 Å². The summed E-state index contributed by atoms with van der Waals surface area (Å²) >= 11 is 0. The molecule has 0 radical (unpaired) electrons. The first-order valence-electron chi connectivity index (χ1n) is 6.70. The standard InChI is InChI=1S/C14H16N2O4S/c15-21(17,18)13-6-5-12(14-11(13)4-1-7-16-14)20-9-10-3-2-8-19-10/h1,4-7,10H,2-3,8-9H2,(H2,15,17,18). The maximum atomic E-state index is 11.6. The molecule has 1 aromatic heterocycles. The Kier molecular flexibility index (Phi) is 3.79. The Morgan fingerprint density at radius 2 is 2.24 bits per heavy atom. The SMILES string of the molecule is NS(=O)(=O)c1ccc(OCC2CCCO2)c2ncccc12. The zero-order chi connectivity index (χ0) is 14.9. The molecular formula is C14H16N2O4S. The van der Waals surface area contributed by atoms with Crippen LogP contribution in [0.4, 0.5) is 0 Å². The van der Waals surface area contributed by atoms with E-state index < -0.39 is 10.0 Å². The zero-order valence-electron chi connectivity index (χ0n) is 11.4. The second-order valence-electron chi connectivity index (χ2n) is 4.95. The van der Waals surface area contributed by atoms with Gasteiger partial charge in [0.1, 0.15) is 17.9 Å². The number of ether oxygens (including phenoxy) is 2. The van der Waals surface area contributed by atoms with Gasteiger partial charge >= 0.3 is 0 Å². The first-order chi connectivity index (χ1) is 10.1. The van der Waals surface area contributed by atoms with E-state index in [9.17, 15) is 8.42 Å². The van der Waals surface area contributed by atoms with Crippen LogP contribution in [0, 0.1) is 0 Å². The van der Waals surface area contributed by atoms with Crippen LogP contribution in [0.3, 0.4) is 0 Å². The summed E-state index contributed by atoms with van der Waals surface area (Å²) in [5, 5.41) is 5.69. The Labute approximate surface area is 122 Å². The van der Waals surface area contributed by atoms with E-state index in [0.29, 0.717) is 23.3 Å². The Morgan fingerprint density at radius 1 is 1.38 bits per heavy atom. The summed E-state index contributed by atoms with van der Waals surface area (Å²) in [7, 11) is -3.80. The number of primary sulfonamides is 1. The van der Waals surface area contributed by atoms with Crippen LogP contribution in [-0.2, 0) is 14.8 Å². The first kappa shape index (κ1) is 14.2. The van der Waals surface area contributed by atoms with Crippen molar-refractivity contribution in [3.63, 3.8) is 0 Å². The zero-order valence-corrected chi connectivity index (χ0v) is 12.2. The molecule has 1 aliphatic heterocycles. The molecule has 0 saturated carbocycles. The van der Waals surface area contributed by atoms with Crippen molar-refractivity contribution in [3.05, 3.63) is 30.5 Å². The topological polar surface area (TPSA) is 91.5 Å². The minimum Gasteiger partial charge on any atom is -0.489 e. The third kappa shape index (κ3) is 2.99. The first-order valence-corrected chi connectivity index (χ1v) is 8.25. The monoisotopic (exact) mass is 308 g/mol. The number of fused-ring (bicyclic) bond motifs is 1. The van der Waals surface area contributed by atoms with Crippen LogP contribution < -0.4 is 9.88 Å². The number of rotatable bonds is 4. The predicted octanol–water partition coefficient (Wildman–Crippen LogP) is 1.44. The quantitative estimate of drug-likeness (QED) is 0.922. The lowest BCUT2D eigenvalue weighted by molar-refractivity contribution is 0.0684. The summed E-state index contributed by atoms with van der Waals surface area (Å²) in [6, 6.07) is 6.37. The molecule has 0 aliphatic carbocycles. The maximum Gasteiger partial charge on any atom is 0.238 e. The highest BCUT2D eigenvalue weighted by molar-refractivity contribution is 7.89. The molecule has 1 unspecified atom stereocenters. The van der Waals surface area contributed by atoms with E-state index in [1.165, 1.54) is 6.07 Å². The minimum atomic E-state index is -3.80. The molecule has 0 amide bonds. The lowest BCUT2D eigenvalue weighted by atomic mass is 10.2. The molecule has 2 heterocycles. The van der Waals surface area contributed by atoms with Crippen LogP contribution in [0.25, 0.3) is 10.9 Å². The fraction of sp³-hybridized carbons (Fsp3) is 0.357. The highest BCUT2D eigenvalue weighted by atomic mass is 32.2. The summed E-state index contributed by atoms with van der Waals surface area (Å²) in [6.07, 6.45) is 3.69. The minimum absolute atomic E-state index is 0.0510. The number of pyridine rings is 1. The van der Waals surface area contributed by atoms with E-state index in [1.54, 1.807) is 24.4 Å². The second-order valence-corrected chi connectivity index (χ2v) is 6.48. The fourth-order valence-corrected chi connectivity index (χ4v) is 3.17. The molecular weight excluding hydrogens is 292 g/mol. The van der Waals surface area contributed by atoms with Crippen molar-refractivity contribution in [1.82, 2.24) is 4.98 Å². The average Bonchev–Trinajstić information content (AvgIpc) is 2.96. The number of sulfonamides is 1. The van der Waals surface area contributed by atoms with Crippen LogP contribution >= 0.6 is 0 Å². The number of benzene rings is 1. The summed E-state index contributed by atoms with van der Waals surface area (Å²) in [5.41, 5.74) is 0.488. The predicted molar refractivity (Wildman–Crippen MR) is 77.6 cm³/mol. The summed E-state index contributed by atoms with van der Waals surface area (Å²) in [4.78, 5) is 4.27. The van der Waals surface area contributed by atoms with E-state index in [0.717, 1.165) is 19.4 Å². The molecule has 0 spiro atoms. The molecule has 2 aromatic rings. The molecule has 2 N–H and O–H groups in total. The highest BCUT2D eigenvalue weighted by Crippen LogP contribution is 2.29. The van der Waals surface area contributed by atoms with Crippen molar-refractivity contribution < 1.29 is 17.9 Å². The normalized spacial score (nSPS) is 19.0. The van der Waals surface area contributed by atoms with Gasteiger partial charge in [-0.15, -0.1) is 0 Å². The number of hydrogen-bond acceptors (Lipinski definition) is 5. The Morgan fingerprint density at radius 3 is 2.95 bits per heavy atom. The van der Waals surface area contributed by atoms with Gasteiger partial charge in [-0.05, 0) is 37.1 Å². The van der Waals surface area contributed by atoms with Crippen molar-refractivity contribution in [2.45, 2.75) is 23.8 Å². The highest BCUT2D eigenvalue weighted by Gasteiger charge is 2.19. The third-order valence-electron chi connectivity index (χ3n) is 3.45. The van der Waals surface area contributed by atoms with Crippen molar-refractivity contribution in [2.75, 3.05) is 13.2 Å². The van der Waals surface area contributed by atoms with E-state index in [1.807, 2.05) is 0 Å². The van der Waals surface area contributed by atoms with Crippen LogP contribution in [-0.4, -0.2) is 32.7 Å². The van der Waals surface area contributed by atoms with E-state index in [2.05, 4.69) is 4.98 Å². The Hall–Kier alpha value is -1.70. The Balaban J connectivity index is 1.96. The van der Waals surface area contributed by atoms with Crippen molar-refractivity contribution in [3.8, 4) is 5.75 Å². The molecule has 21 heavy (non-hydrogen) atoms. The number of hydrogen-bond donors (Lipinski definition) is 1. The van der Waals surface area contributed by atoms with Crippen LogP contribution in [0.2, 0.25) is 0 Å². The molecule has 1 atom stereocenters. The van der Waals surface area contributed by atoms with Crippen molar-refractivity contribution in [2.24, 2.45) is 5.14 Å². The molecule has 1 fully saturated rings. The molecule has 1 aliphatic rings. The van der Waals surface area contributed by atoms with Gasteiger partial charge in [-0.1, -0.05) is 0 Å². The van der Waals surface area contributed by atoms with Crippen LogP contribution in [0.1, 0.15) is 12.8 Å². The van der Waals surface area contributed by atoms with Crippen molar-refractivity contribution in [1.29, 1.82) is 0 Å². The van der Waals surface area contributed by atoms with E-state index >= 15 is 0 Å². The van der Waals surface area contributed by atoms with Gasteiger partial charge in [-0.25, -0.2) is 13.6 Å². The van der Waals surface area contributed by atoms with E-state index in [4.69, 9.17) is 14.6 Å². The lowest BCUT2D eigenvalue weighted by Gasteiger charge is -2.13. The molecule has 7 heteroatoms. The lowest BCUT2D eigenvalue weighted by Crippen LogP contribution is -2.17. The summed E-state index contributed by atoms with van der Waals surface area (Å²) in [5.74, 6) is 0.536. The molecule has 112 valence electrons. The summed E-state index contributed by atoms with van der Waals surface area (Å²) in [6.45, 7) is 1.19. The van der Waals surface area contributed by atoms with Crippen LogP contribution in [0.5, 0.6) is 5.75 Å². The number of nitrogens with zero attached hydrogens (tertiary/aromatic N) is 1. The van der Waals surface area contributed by atoms with Gasteiger partial charge in [0, 0.05) is 18.2 Å². The number of aromatic nitrogens is 1. The van der Waals surface area contributed by atoms with Gasteiger partial charge in [-0.2, -0.15) is 0 Å². The van der Waals surface area contributed by atoms with Gasteiger partial charge in [0.2, 0.25) is 10.0 Å². The third-order valence-corrected chi connectivity index (χ3v) is 4.42. The molecule has 3 rings (SSSR count). The van der Waals surface area contributed by atoms with Gasteiger partial charge in [0.15, 0.2) is 0 Å². The van der Waals surface area contributed by atoms with Gasteiger partial charge in [0.25, 0.3) is 0 Å². The van der Waals surface area contributed by atoms with Gasteiger partial charge in [-0.3, -0.25) is 4.98 Å². The van der Waals surface area contributed by atoms with Crippen molar-refractivity contribution >= 4 is 20.9 Å². The largest absolute Gasteiger partial charge is 0.489 e. The molecule has 1 saturated heterocycles. The number of nitrogens with two attached hydrogens (primary N) is 1. The second kappa shape index (κ2) is 5.59. The fourth-order valence-electron chi connectivity index (χ4n) is 2.44. The Bertz CT molecular complexity index is 755. The van der Waals surface area contributed by atoms with Crippen LogP contribution in [0.15, 0.2) is 35.4 Å². The summed E-state index contributed by atoms with van der Waals surface area (Å²) < 4.78 is 34.5. The van der Waals surface area contributed by atoms with Gasteiger partial charge in [0.05, 0.1) is 11.0 Å². The smallest absolute Gasteiger partial charge is 0.238 e. The molecule has 6 nitrogen and oxygen atoms in total.